The zero-order valence-electron chi connectivity index (χ0n) is 18.4. The van der Waals surface area contributed by atoms with Crippen molar-refractivity contribution in [3.05, 3.63) is 81.7 Å². The van der Waals surface area contributed by atoms with Crippen LogP contribution in [0, 0.1) is 20.8 Å². The van der Waals surface area contributed by atoms with E-state index < -0.39 is 0 Å². The Kier molecular flexibility index (Phi) is 6.16. The molecule has 0 bridgehead atoms. The molecule has 0 saturated heterocycles. The molecule has 0 atom stereocenters. The van der Waals surface area contributed by atoms with E-state index in [2.05, 4.69) is 72.2 Å². The fourth-order valence-electron chi connectivity index (χ4n) is 4.04. The molecule has 1 aromatic heterocycles. The van der Waals surface area contributed by atoms with Crippen molar-refractivity contribution in [1.82, 2.24) is 9.88 Å². The van der Waals surface area contributed by atoms with E-state index in [0.29, 0.717) is 13.1 Å². The lowest BCUT2D eigenvalue weighted by atomic mass is 10.0. The van der Waals surface area contributed by atoms with Crippen LogP contribution in [0.4, 0.5) is 5.69 Å². The van der Waals surface area contributed by atoms with Gasteiger partial charge in [0.05, 0.1) is 18.8 Å². The van der Waals surface area contributed by atoms with Crippen LogP contribution in [0.1, 0.15) is 21.7 Å². The molecule has 1 N–H and O–H groups in total. The number of benzene rings is 3. The molecule has 1 heterocycles. The summed E-state index contributed by atoms with van der Waals surface area (Å²) >= 11 is 1.63. The SMILES string of the molecule is Cc1cc(C)c(NC(=O)CN(C)Cc2nc(-c3cccc4ccccc34)cs2)c(C)c1. The molecule has 0 aliphatic heterocycles. The zero-order valence-corrected chi connectivity index (χ0v) is 19.2. The predicted molar refractivity (Wildman–Crippen MR) is 131 cm³/mol. The number of nitrogens with zero attached hydrogens (tertiary/aromatic N) is 2. The second kappa shape index (κ2) is 9.00. The highest BCUT2D eigenvalue weighted by atomic mass is 32.1. The molecule has 4 nitrogen and oxygen atoms in total. The highest BCUT2D eigenvalue weighted by Gasteiger charge is 2.13. The summed E-state index contributed by atoms with van der Waals surface area (Å²) in [5.74, 6) is -0.0108. The molecule has 0 spiro atoms. The van der Waals surface area contributed by atoms with E-state index in [0.717, 1.165) is 33.1 Å². The molecule has 0 radical (unpaired) electrons. The lowest BCUT2D eigenvalue weighted by Gasteiger charge is -2.17. The van der Waals surface area contributed by atoms with E-state index in [4.69, 9.17) is 4.98 Å². The molecule has 5 heteroatoms. The van der Waals surface area contributed by atoms with Crippen LogP contribution in [0.2, 0.25) is 0 Å². The second-order valence-electron chi connectivity index (χ2n) is 8.15. The number of fused-ring (bicyclic) bond motifs is 1. The van der Waals surface area contributed by atoms with E-state index in [-0.39, 0.29) is 5.91 Å². The molecule has 1 amide bonds. The van der Waals surface area contributed by atoms with Crippen molar-refractivity contribution in [3.8, 4) is 11.3 Å². The van der Waals surface area contributed by atoms with Crippen molar-refractivity contribution in [1.29, 1.82) is 0 Å². The van der Waals surface area contributed by atoms with Crippen LogP contribution in [-0.4, -0.2) is 29.4 Å². The van der Waals surface area contributed by atoms with Crippen molar-refractivity contribution in [2.75, 3.05) is 18.9 Å². The van der Waals surface area contributed by atoms with E-state index >= 15 is 0 Å². The number of carbonyl (C=O) groups is 1. The van der Waals surface area contributed by atoms with Gasteiger partial charge in [-0.05, 0) is 49.7 Å². The molecule has 0 unspecified atom stereocenters. The summed E-state index contributed by atoms with van der Waals surface area (Å²) in [7, 11) is 1.95. The number of carbonyl (C=O) groups excluding carboxylic acids is 1. The van der Waals surface area contributed by atoms with Crippen molar-refractivity contribution in [2.45, 2.75) is 27.3 Å². The molecule has 4 aromatic rings. The van der Waals surface area contributed by atoms with Crippen LogP contribution in [-0.2, 0) is 11.3 Å². The number of likely N-dealkylation sites (N-methyl/N-ethyl adjacent to an activating group) is 1. The average molecular weight is 430 g/mol. The van der Waals surface area contributed by atoms with Crippen LogP contribution in [0.5, 0.6) is 0 Å². The van der Waals surface area contributed by atoms with Gasteiger partial charge in [0.1, 0.15) is 5.01 Å². The first kappa shape index (κ1) is 21.2. The third kappa shape index (κ3) is 4.84. The maximum absolute atomic E-state index is 12.6. The first-order valence-corrected chi connectivity index (χ1v) is 11.3. The second-order valence-corrected chi connectivity index (χ2v) is 9.09. The molecule has 0 aliphatic rings. The number of nitrogens with one attached hydrogen (secondary N) is 1. The Labute approximate surface area is 187 Å². The van der Waals surface area contributed by atoms with Gasteiger partial charge in [-0.25, -0.2) is 4.98 Å². The number of aromatic nitrogens is 1. The third-order valence-electron chi connectivity index (χ3n) is 5.38. The van der Waals surface area contributed by atoms with Crippen molar-refractivity contribution < 1.29 is 4.79 Å². The molecule has 0 saturated carbocycles. The molecule has 0 aliphatic carbocycles. The van der Waals surface area contributed by atoms with Gasteiger partial charge in [0.15, 0.2) is 0 Å². The summed E-state index contributed by atoms with van der Waals surface area (Å²) in [5.41, 5.74) is 6.43. The summed E-state index contributed by atoms with van der Waals surface area (Å²) in [5, 5.41) is 8.60. The quantitative estimate of drug-likeness (QED) is 0.411. The van der Waals surface area contributed by atoms with Gasteiger partial charge >= 0.3 is 0 Å². The van der Waals surface area contributed by atoms with Crippen molar-refractivity contribution in [2.24, 2.45) is 0 Å². The van der Waals surface area contributed by atoms with E-state index in [9.17, 15) is 4.79 Å². The van der Waals surface area contributed by atoms with Crippen LogP contribution >= 0.6 is 11.3 Å². The number of hydrogen-bond acceptors (Lipinski definition) is 4. The molecule has 31 heavy (non-hydrogen) atoms. The molecular weight excluding hydrogens is 402 g/mol. The van der Waals surface area contributed by atoms with Gasteiger partial charge in [0, 0.05) is 16.6 Å². The highest BCUT2D eigenvalue weighted by Crippen LogP contribution is 2.29. The van der Waals surface area contributed by atoms with E-state index in [1.165, 1.54) is 16.3 Å². The van der Waals surface area contributed by atoms with Crippen LogP contribution < -0.4 is 5.32 Å². The van der Waals surface area contributed by atoms with Crippen LogP contribution in [0.3, 0.4) is 0 Å². The summed E-state index contributed by atoms with van der Waals surface area (Å²) in [4.78, 5) is 19.5. The Morgan fingerprint density at radius 1 is 1.03 bits per heavy atom. The topological polar surface area (TPSA) is 45.2 Å². The van der Waals surface area contributed by atoms with Gasteiger partial charge in [-0.15, -0.1) is 11.3 Å². The number of aryl methyl sites for hydroxylation is 3. The monoisotopic (exact) mass is 429 g/mol. The molecule has 3 aromatic carbocycles. The Morgan fingerprint density at radius 2 is 1.74 bits per heavy atom. The first-order chi connectivity index (χ1) is 14.9. The van der Waals surface area contributed by atoms with Gasteiger partial charge in [-0.3, -0.25) is 9.69 Å². The van der Waals surface area contributed by atoms with Crippen molar-refractivity contribution >= 4 is 33.7 Å². The van der Waals surface area contributed by atoms with E-state index in [1.807, 2.05) is 25.8 Å². The van der Waals surface area contributed by atoms with Gasteiger partial charge in [0.2, 0.25) is 5.91 Å². The molecular formula is C26H27N3OS. The minimum absolute atomic E-state index is 0.0108. The average Bonchev–Trinajstić information content (AvgIpc) is 3.18. The van der Waals surface area contributed by atoms with Gasteiger partial charge in [0.25, 0.3) is 0 Å². The number of thiazole rings is 1. The summed E-state index contributed by atoms with van der Waals surface area (Å²) in [6, 6.07) is 18.9. The number of hydrogen-bond donors (Lipinski definition) is 1. The largest absolute Gasteiger partial charge is 0.324 e. The molecule has 0 fully saturated rings. The zero-order chi connectivity index (χ0) is 22.0. The fraction of sp³-hybridized carbons (Fsp3) is 0.231. The minimum atomic E-state index is -0.0108. The highest BCUT2D eigenvalue weighted by molar-refractivity contribution is 7.09. The first-order valence-electron chi connectivity index (χ1n) is 10.4. The van der Waals surface area contributed by atoms with Gasteiger partial charge < -0.3 is 5.32 Å². The number of amides is 1. The Balaban J connectivity index is 1.42. The van der Waals surface area contributed by atoms with Crippen molar-refractivity contribution in [3.63, 3.8) is 0 Å². The van der Waals surface area contributed by atoms with Gasteiger partial charge in [-0.2, -0.15) is 0 Å². The fourth-order valence-corrected chi connectivity index (χ4v) is 4.92. The van der Waals surface area contributed by atoms with Crippen LogP contribution in [0.15, 0.2) is 60.0 Å². The normalized spacial score (nSPS) is 11.3. The summed E-state index contributed by atoms with van der Waals surface area (Å²) < 4.78 is 0. The van der Waals surface area contributed by atoms with E-state index in [1.54, 1.807) is 11.3 Å². The predicted octanol–water partition coefficient (Wildman–Crippen LogP) is 5.96. The van der Waals surface area contributed by atoms with Gasteiger partial charge in [-0.1, -0.05) is 60.2 Å². The molecule has 158 valence electrons. The number of anilines is 1. The Morgan fingerprint density at radius 3 is 2.52 bits per heavy atom. The maximum Gasteiger partial charge on any atom is 0.238 e. The summed E-state index contributed by atoms with van der Waals surface area (Å²) in [6.07, 6.45) is 0. The standard InChI is InChI=1S/C26H27N3OS/c1-17-12-18(2)26(19(3)13-17)28-24(30)14-29(4)15-25-27-23(16-31-25)22-11-7-9-20-8-5-6-10-21(20)22/h5-13,16H,14-15H2,1-4H3,(H,28,30). The van der Waals surface area contributed by atoms with Crippen LogP contribution in [0.25, 0.3) is 22.0 Å². The molecule has 4 rings (SSSR count). The Bertz CT molecular complexity index is 1220. The lowest BCUT2D eigenvalue weighted by molar-refractivity contribution is -0.117. The minimum Gasteiger partial charge on any atom is -0.324 e. The Hall–Kier alpha value is -3.02. The lowest BCUT2D eigenvalue weighted by Crippen LogP contribution is -2.30. The smallest absolute Gasteiger partial charge is 0.238 e. The number of rotatable bonds is 6. The summed E-state index contributed by atoms with van der Waals surface area (Å²) in [6.45, 7) is 7.08. The maximum atomic E-state index is 12.6. The third-order valence-corrected chi connectivity index (χ3v) is 6.21.